The molecule has 0 unspecified atom stereocenters. The molecule has 0 aromatic heterocycles. The van der Waals surface area contributed by atoms with Gasteiger partial charge in [-0.25, -0.2) is 0 Å². The Bertz CT molecular complexity index is 2930. The van der Waals surface area contributed by atoms with Gasteiger partial charge in [-0.05, 0) is 31.2 Å². The van der Waals surface area contributed by atoms with Gasteiger partial charge in [0, 0.05) is 128 Å². The van der Waals surface area contributed by atoms with E-state index >= 15 is 0 Å². The van der Waals surface area contributed by atoms with Crippen molar-refractivity contribution in [3.63, 3.8) is 0 Å². The van der Waals surface area contributed by atoms with Crippen LogP contribution >= 0.6 is 0 Å². The first-order valence-electron chi connectivity index (χ1n) is 33.6. The number of rotatable bonds is 40. The smallest absolute Gasteiger partial charge is 0.303 e. The largest absolute Gasteiger partial charge is 0.463 e. The van der Waals surface area contributed by atoms with Crippen molar-refractivity contribution in [3.05, 3.63) is 35.9 Å². The zero-order valence-electron chi connectivity index (χ0n) is 60.9. The van der Waals surface area contributed by atoms with Crippen LogP contribution in [0.3, 0.4) is 0 Å². The number of hydrogen-bond acceptors (Lipinski definition) is 35. The van der Waals surface area contributed by atoms with Gasteiger partial charge >= 0.3 is 71.6 Å². The summed E-state index contributed by atoms with van der Waals surface area (Å²) < 4.78 is 100. The molecule has 0 aliphatic carbocycles. The molecule has 39 nitrogen and oxygen atoms in total. The van der Waals surface area contributed by atoms with Crippen molar-refractivity contribution in [1.82, 2.24) is 21.3 Å². The summed E-state index contributed by atoms with van der Waals surface area (Å²) in [6.45, 7) is 8.63. The standard InChI is InChI=1S/C67H95N5O34/c1-34(73)92-31-48-54(95-37(4)76)57(98-40(7)79)60(101-43(10)82)64(104-48)89-27-24-69-51(85)18-21-67(72-63(88)47(68)30-46-16-14-13-15-17-46,22-19-52(86)70-25-28-90-65-61(102-44(11)83)58(99-41(8)80)55(96-38(5)77)49(105-65)32-93-35(2)74)23-20-53(87)71-26-29-91-66-62(103-45(12)84)59(100-42(9)81)56(97-39(6)78)50(106-66)33-94-36(3)75/h13-17,47-50,54-62,64-66H,18-33,68H2,1-12H3,(H,69,85)(H,70,86)(H,71,87)(H,72,88)/t47-,48+,49+,50+,54-,55-,56-,57-,58-,59-,60+,61+,62+,64+,65+,66+/m0/s1. The molecule has 4 rings (SSSR count). The molecule has 0 radical (unpaired) electrons. The lowest BCUT2D eigenvalue weighted by molar-refractivity contribution is -0.307. The van der Waals surface area contributed by atoms with Crippen LogP contribution in [0.15, 0.2) is 30.3 Å². The Balaban J connectivity index is 1.67. The van der Waals surface area contributed by atoms with E-state index in [2.05, 4.69) is 21.3 Å². The van der Waals surface area contributed by atoms with E-state index in [1.54, 1.807) is 30.3 Å². The molecule has 0 spiro atoms. The first-order valence-corrected chi connectivity index (χ1v) is 33.6. The molecule has 16 atom stereocenters. The highest BCUT2D eigenvalue weighted by molar-refractivity contribution is 5.84. The Morgan fingerprint density at radius 1 is 0.368 bits per heavy atom. The number of ether oxygens (including phenoxy) is 18. The fourth-order valence-corrected chi connectivity index (χ4v) is 11.3. The summed E-state index contributed by atoms with van der Waals surface area (Å²) >= 11 is 0. The van der Waals surface area contributed by atoms with Crippen LogP contribution in [0.4, 0.5) is 0 Å². The van der Waals surface area contributed by atoms with Gasteiger partial charge in [0.25, 0.3) is 0 Å². The number of carbonyl (C=O) groups is 16. The number of amides is 4. The zero-order chi connectivity index (χ0) is 79.0. The van der Waals surface area contributed by atoms with Crippen molar-refractivity contribution in [1.29, 1.82) is 0 Å². The van der Waals surface area contributed by atoms with Gasteiger partial charge in [-0.2, -0.15) is 0 Å². The maximum absolute atomic E-state index is 14.5. The Labute approximate surface area is 609 Å². The highest BCUT2D eigenvalue weighted by atomic mass is 16.8. The fourth-order valence-electron chi connectivity index (χ4n) is 11.3. The van der Waals surface area contributed by atoms with Crippen molar-refractivity contribution in [3.8, 4) is 0 Å². The molecule has 0 saturated carbocycles. The first-order chi connectivity index (χ1) is 50.0. The van der Waals surface area contributed by atoms with Gasteiger partial charge in [-0.15, -0.1) is 0 Å². The molecule has 4 amide bonds. The molecule has 106 heavy (non-hydrogen) atoms. The van der Waals surface area contributed by atoms with Crippen molar-refractivity contribution < 1.29 is 162 Å². The molecule has 6 N–H and O–H groups in total. The Morgan fingerprint density at radius 2 is 0.623 bits per heavy atom. The first kappa shape index (κ1) is 88.9. The molecular formula is C67H95N5O34. The van der Waals surface area contributed by atoms with Crippen LogP contribution in [0.1, 0.15) is 127 Å². The number of hydrogen-bond donors (Lipinski definition) is 5. The molecule has 592 valence electrons. The minimum atomic E-state index is -1.68. The summed E-state index contributed by atoms with van der Waals surface area (Å²) in [7, 11) is 0. The monoisotopic (exact) mass is 1510 g/mol. The number of esters is 12. The topological polar surface area (TPSA) is 513 Å². The van der Waals surface area contributed by atoms with E-state index in [-0.39, 0.29) is 45.3 Å². The highest BCUT2D eigenvalue weighted by Crippen LogP contribution is 2.34. The highest BCUT2D eigenvalue weighted by Gasteiger charge is 2.56. The maximum atomic E-state index is 14.5. The van der Waals surface area contributed by atoms with Crippen molar-refractivity contribution in [2.45, 2.75) is 232 Å². The summed E-state index contributed by atoms with van der Waals surface area (Å²) in [5.74, 6) is -13.2. The van der Waals surface area contributed by atoms with Gasteiger partial charge in [0.1, 0.15) is 38.1 Å². The molecule has 39 heteroatoms. The summed E-state index contributed by atoms with van der Waals surface area (Å²) in [4.78, 5) is 204. The van der Waals surface area contributed by atoms with E-state index in [4.69, 9.17) is 91.0 Å². The number of carbonyl (C=O) groups excluding carboxylic acids is 16. The zero-order valence-corrected chi connectivity index (χ0v) is 60.9. The second-order valence-electron chi connectivity index (χ2n) is 24.4. The van der Waals surface area contributed by atoms with Crippen LogP contribution < -0.4 is 27.0 Å². The molecule has 3 heterocycles. The van der Waals surface area contributed by atoms with E-state index < -0.39 is 258 Å². The van der Waals surface area contributed by atoms with E-state index in [9.17, 15) is 76.7 Å². The average Bonchev–Trinajstić information content (AvgIpc) is 0.800. The summed E-state index contributed by atoms with van der Waals surface area (Å²) in [6.07, 6.45) is -25.3. The SMILES string of the molecule is CC(=O)OC[C@H]1O[C@@H](OCCNC(=O)CCC(CCC(=O)NCCO[C@@H]2O[C@H](COC(C)=O)[C@H](OC(C)=O)[C@H](OC(C)=O)[C@H]2OC(C)=O)(CCC(=O)NCCO[C@@H]2O[C@H](COC(C)=O)[C@H](OC(C)=O)[C@H](OC(C)=O)[C@H]2OC(C)=O)NC(=O)[C@@H](N)Cc2ccccc2)[C@H](OC(C)=O)[C@@H](OC(C)=O)[C@H]1OC(C)=O. The molecule has 3 aliphatic rings. The number of benzene rings is 1. The van der Waals surface area contributed by atoms with Gasteiger partial charge in [-0.1, -0.05) is 30.3 Å². The van der Waals surface area contributed by atoms with Crippen LogP contribution in [0.2, 0.25) is 0 Å². The molecule has 0 bridgehead atoms. The van der Waals surface area contributed by atoms with Crippen LogP contribution in [-0.4, -0.2) is 258 Å². The lowest BCUT2D eigenvalue weighted by atomic mass is 9.82. The summed E-state index contributed by atoms with van der Waals surface area (Å²) in [5.41, 5.74) is 5.52. The Kier molecular flexibility index (Phi) is 37.2. The fraction of sp³-hybridized carbons (Fsp3) is 0.672. The Hall–Kier alpha value is -9.54. The van der Waals surface area contributed by atoms with Gasteiger partial charge < -0.3 is 112 Å². The second-order valence-corrected chi connectivity index (χ2v) is 24.4. The van der Waals surface area contributed by atoms with Gasteiger partial charge in [0.2, 0.25) is 23.6 Å². The third-order valence-electron chi connectivity index (χ3n) is 15.5. The Morgan fingerprint density at radius 3 is 0.877 bits per heavy atom. The summed E-state index contributed by atoms with van der Waals surface area (Å²) in [5, 5.41) is 10.9. The van der Waals surface area contributed by atoms with Gasteiger partial charge in [0.05, 0.1) is 25.9 Å². The minimum Gasteiger partial charge on any atom is -0.463 e. The quantitative estimate of drug-likeness (QED) is 0.0281. The maximum Gasteiger partial charge on any atom is 0.303 e. The predicted molar refractivity (Wildman–Crippen MR) is 349 cm³/mol. The third-order valence-corrected chi connectivity index (χ3v) is 15.5. The van der Waals surface area contributed by atoms with Crippen LogP contribution in [0.5, 0.6) is 0 Å². The second kappa shape index (κ2) is 44.4. The van der Waals surface area contributed by atoms with Crippen LogP contribution in [-0.2, 0) is 168 Å². The predicted octanol–water partition coefficient (Wildman–Crippen LogP) is -1.60. The van der Waals surface area contributed by atoms with E-state index in [1.165, 1.54) is 0 Å². The number of nitrogens with two attached hydrogens (primary N) is 1. The van der Waals surface area contributed by atoms with Gasteiger partial charge in [-0.3, -0.25) is 76.7 Å². The van der Waals surface area contributed by atoms with Crippen LogP contribution in [0.25, 0.3) is 0 Å². The van der Waals surface area contributed by atoms with E-state index in [0.29, 0.717) is 5.56 Å². The van der Waals surface area contributed by atoms with Crippen LogP contribution in [0, 0.1) is 0 Å². The van der Waals surface area contributed by atoms with Crippen molar-refractivity contribution in [2.75, 3.05) is 59.3 Å². The van der Waals surface area contributed by atoms with E-state index in [0.717, 1.165) is 83.1 Å². The average molecular weight is 1510 g/mol. The van der Waals surface area contributed by atoms with E-state index in [1.807, 2.05) is 0 Å². The molecule has 3 saturated heterocycles. The van der Waals surface area contributed by atoms with Crippen molar-refractivity contribution >= 4 is 95.3 Å². The third kappa shape index (κ3) is 31.6. The molecule has 1 aromatic carbocycles. The molecule has 3 fully saturated rings. The lowest BCUT2D eigenvalue weighted by Crippen LogP contribution is -2.63. The van der Waals surface area contributed by atoms with Crippen molar-refractivity contribution in [2.24, 2.45) is 5.73 Å². The number of nitrogens with one attached hydrogen (secondary N) is 4. The molecule has 3 aliphatic heterocycles. The van der Waals surface area contributed by atoms with Gasteiger partial charge in [0.15, 0.2) is 73.8 Å². The molecule has 1 aromatic rings. The normalized spacial score (nSPS) is 24.2. The molecular weight excluding hydrogens is 1420 g/mol. The summed E-state index contributed by atoms with van der Waals surface area (Å²) in [6, 6.07) is 7.36. The minimum absolute atomic E-state index is 0.0110. The lowest BCUT2D eigenvalue weighted by Gasteiger charge is -2.44.